The molecular weight excluding hydrogens is 138 g/mol. The van der Waals surface area contributed by atoms with Crippen LogP contribution in [-0.4, -0.2) is 6.21 Å². The van der Waals surface area contributed by atoms with E-state index in [-0.39, 0.29) is 0 Å². The molecule has 2 nitrogen and oxygen atoms in total. The molecule has 0 saturated heterocycles. The Kier molecular flexibility index (Phi) is 2.26. The van der Waals surface area contributed by atoms with E-state index in [0.717, 1.165) is 17.0 Å². The van der Waals surface area contributed by atoms with Gasteiger partial charge in [-0.15, -0.1) is 0 Å². The molecule has 2 heteroatoms. The first-order valence-electron chi connectivity index (χ1n) is 3.48. The van der Waals surface area contributed by atoms with Crippen molar-refractivity contribution in [3.63, 3.8) is 0 Å². The summed E-state index contributed by atoms with van der Waals surface area (Å²) in [4.78, 5) is 4.15. The summed E-state index contributed by atoms with van der Waals surface area (Å²) in [6, 6.07) is 0. The molecule has 1 aromatic rings. The van der Waals surface area contributed by atoms with Gasteiger partial charge in [0.15, 0.2) is 5.76 Å². The predicted octanol–water partition coefficient (Wildman–Crippen LogP) is 2.95. The second-order valence-electron chi connectivity index (χ2n) is 2.22. The largest absolute Gasteiger partial charge is 0.462 e. The quantitative estimate of drug-likeness (QED) is 0.593. The minimum absolute atomic E-state index is 0.737. The van der Waals surface area contributed by atoms with Gasteiger partial charge in [-0.2, -0.15) is 0 Å². The number of aliphatic imine (C=N–C) groups is 1. The number of rotatable bonds is 2. The van der Waals surface area contributed by atoms with Crippen LogP contribution in [0.3, 0.4) is 0 Å². The Labute approximate surface area is 66.3 Å². The standard InChI is InChI=1S/C9H11NO/c1-4-8-9(10-5-2)7(3)6-11-8/h4-6H,1H2,2-3H3. The van der Waals surface area contributed by atoms with Crippen LogP contribution in [0.5, 0.6) is 0 Å². The van der Waals surface area contributed by atoms with E-state index in [1.54, 1.807) is 18.6 Å². The highest BCUT2D eigenvalue weighted by molar-refractivity contribution is 5.68. The molecule has 0 radical (unpaired) electrons. The van der Waals surface area contributed by atoms with Gasteiger partial charge in [-0.25, -0.2) is 0 Å². The number of aryl methyl sites for hydroxylation is 1. The molecule has 1 rings (SSSR count). The maximum absolute atomic E-state index is 5.17. The van der Waals surface area contributed by atoms with Crippen LogP contribution in [0.4, 0.5) is 5.69 Å². The van der Waals surface area contributed by atoms with Crippen molar-refractivity contribution in [2.45, 2.75) is 13.8 Å². The third-order valence-corrected chi connectivity index (χ3v) is 1.41. The molecule has 1 aromatic heterocycles. The monoisotopic (exact) mass is 149 g/mol. The van der Waals surface area contributed by atoms with Gasteiger partial charge in [0.2, 0.25) is 0 Å². The second-order valence-corrected chi connectivity index (χ2v) is 2.22. The SMILES string of the molecule is C=Cc1occ(C)c1N=CC. The van der Waals surface area contributed by atoms with Crippen molar-refractivity contribution in [3.05, 3.63) is 24.2 Å². The molecule has 0 spiro atoms. The Balaban J connectivity index is 3.17. The molecular formula is C9H11NO. The summed E-state index contributed by atoms with van der Waals surface area (Å²) in [6.45, 7) is 7.45. The molecule has 0 unspecified atom stereocenters. The summed E-state index contributed by atoms with van der Waals surface area (Å²) in [5, 5.41) is 0. The lowest BCUT2D eigenvalue weighted by Crippen LogP contribution is -1.68. The molecule has 0 bridgehead atoms. The Morgan fingerprint density at radius 2 is 2.36 bits per heavy atom. The Hall–Kier alpha value is -1.31. The van der Waals surface area contributed by atoms with Crippen molar-refractivity contribution in [1.29, 1.82) is 0 Å². The zero-order valence-electron chi connectivity index (χ0n) is 6.79. The zero-order chi connectivity index (χ0) is 8.27. The molecule has 0 saturated carbocycles. The van der Waals surface area contributed by atoms with E-state index < -0.39 is 0 Å². The van der Waals surface area contributed by atoms with Crippen LogP contribution in [0.2, 0.25) is 0 Å². The Morgan fingerprint density at radius 3 is 2.91 bits per heavy atom. The summed E-state index contributed by atoms with van der Waals surface area (Å²) in [5.74, 6) is 0.737. The highest BCUT2D eigenvalue weighted by Gasteiger charge is 2.04. The van der Waals surface area contributed by atoms with Gasteiger partial charge in [0, 0.05) is 11.8 Å². The molecule has 0 aliphatic rings. The summed E-state index contributed by atoms with van der Waals surface area (Å²) in [7, 11) is 0. The van der Waals surface area contributed by atoms with Crippen LogP contribution in [-0.2, 0) is 0 Å². The van der Waals surface area contributed by atoms with Crippen LogP contribution in [0.1, 0.15) is 18.2 Å². The Morgan fingerprint density at radius 1 is 1.64 bits per heavy atom. The average Bonchev–Trinajstić information content (AvgIpc) is 2.34. The number of furan rings is 1. The van der Waals surface area contributed by atoms with Crippen molar-refractivity contribution in [2.24, 2.45) is 4.99 Å². The van der Waals surface area contributed by atoms with Gasteiger partial charge in [-0.05, 0) is 19.9 Å². The molecule has 0 aliphatic heterocycles. The normalized spacial score (nSPS) is 10.7. The predicted molar refractivity (Wildman–Crippen MR) is 47.4 cm³/mol. The van der Waals surface area contributed by atoms with Crippen LogP contribution >= 0.6 is 0 Å². The van der Waals surface area contributed by atoms with Crippen LogP contribution in [0.15, 0.2) is 22.3 Å². The fourth-order valence-electron chi connectivity index (χ4n) is 0.897. The van der Waals surface area contributed by atoms with E-state index in [1.165, 1.54) is 0 Å². The minimum atomic E-state index is 0.737. The van der Waals surface area contributed by atoms with Gasteiger partial charge >= 0.3 is 0 Å². The van der Waals surface area contributed by atoms with Crippen LogP contribution in [0.25, 0.3) is 6.08 Å². The third-order valence-electron chi connectivity index (χ3n) is 1.41. The van der Waals surface area contributed by atoms with E-state index >= 15 is 0 Å². The van der Waals surface area contributed by atoms with Crippen molar-refractivity contribution in [3.8, 4) is 0 Å². The lowest BCUT2D eigenvalue weighted by molar-refractivity contribution is 0.556. The molecule has 0 amide bonds. The Bertz CT molecular complexity index is 284. The summed E-state index contributed by atoms with van der Waals surface area (Å²) >= 11 is 0. The molecule has 0 atom stereocenters. The molecule has 58 valence electrons. The van der Waals surface area contributed by atoms with Crippen molar-refractivity contribution in [1.82, 2.24) is 0 Å². The fraction of sp³-hybridized carbons (Fsp3) is 0.222. The van der Waals surface area contributed by atoms with E-state index in [4.69, 9.17) is 4.42 Å². The summed E-state index contributed by atoms with van der Waals surface area (Å²) in [6.07, 6.45) is 5.08. The van der Waals surface area contributed by atoms with E-state index in [9.17, 15) is 0 Å². The van der Waals surface area contributed by atoms with Crippen molar-refractivity contribution < 1.29 is 4.42 Å². The van der Waals surface area contributed by atoms with Gasteiger partial charge in [0.05, 0.1) is 6.26 Å². The minimum Gasteiger partial charge on any atom is -0.462 e. The molecule has 0 aromatic carbocycles. The lowest BCUT2D eigenvalue weighted by atomic mass is 10.3. The topological polar surface area (TPSA) is 25.5 Å². The maximum atomic E-state index is 5.17. The second kappa shape index (κ2) is 3.19. The van der Waals surface area contributed by atoms with Gasteiger partial charge in [0.25, 0.3) is 0 Å². The van der Waals surface area contributed by atoms with Gasteiger partial charge < -0.3 is 4.42 Å². The zero-order valence-corrected chi connectivity index (χ0v) is 6.79. The summed E-state index contributed by atoms with van der Waals surface area (Å²) in [5.41, 5.74) is 1.92. The van der Waals surface area contributed by atoms with Crippen molar-refractivity contribution >= 4 is 18.0 Å². The van der Waals surface area contributed by atoms with Gasteiger partial charge in [0.1, 0.15) is 5.69 Å². The van der Waals surface area contributed by atoms with Gasteiger partial charge in [-0.3, -0.25) is 4.99 Å². The highest BCUT2D eigenvalue weighted by Crippen LogP contribution is 2.26. The van der Waals surface area contributed by atoms with Gasteiger partial charge in [-0.1, -0.05) is 6.58 Å². The molecule has 0 aliphatic carbocycles. The first-order chi connectivity index (χ1) is 5.29. The molecule has 0 N–H and O–H groups in total. The summed E-state index contributed by atoms with van der Waals surface area (Å²) < 4.78 is 5.17. The molecule has 0 fully saturated rings. The first-order valence-corrected chi connectivity index (χ1v) is 3.48. The maximum Gasteiger partial charge on any atom is 0.151 e. The smallest absolute Gasteiger partial charge is 0.151 e. The average molecular weight is 149 g/mol. The highest BCUT2D eigenvalue weighted by atomic mass is 16.3. The fourth-order valence-corrected chi connectivity index (χ4v) is 0.897. The number of hydrogen-bond acceptors (Lipinski definition) is 2. The van der Waals surface area contributed by atoms with Crippen LogP contribution in [0, 0.1) is 6.92 Å². The van der Waals surface area contributed by atoms with E-state index in [2.05, 4.69) is 11.6 Å². The molecule has 1 heterocycles. The third kappa shape index (κ3) is 1.40. The lowest BCUT2D eigenvalue weighted by Gasteiger charge is -1.89. The van der Waals surface area contributed by atoms with E-state index in [0.29, 0.717) is 0 Å². The number of nitrogens with zero attached hydrogens (tertiary/aromatic N) is 1. The first kappa shape index (κ1) is 7.79. The number of hydrogen-bond donors (Lipinski definition) is 0. The molecule has 11 heavy (non-hydrogen) atoms. The van der Waals surface area contributed by atoms with Crippen LogP contribution < -0.4 is 0 Å². The van der Waals surface area contributed by atoms with Crippen molar-refractivity contribution in [2.75, 3.05) is 0 Å². The van der Waals surface area contributed by atoms with E-state index in [1.807, 2.05) is 13.8 Å².